The minimum atomic E-state index is -1.70. The van der Waals surface area contributed by atoms with Gasteiger partial charge in [-0.05, 0) is 41.4 Å². The molecule has 0 bridgehead atoms. The second-order valence-electron chi connectivity index (χ2n) is 7.29. The predicted molar refractivity (Wildman–Crippen MR) is 102 cm³/mol. The van der Waals surface area contributed by atoms with Crippen molar-refractivity contribution in [3.8, 4) is 23.0 Å². The average Bonchev–Trinajstić information content (AvgIpc) is 2.52. The van der Waals surface area contributed by atoms with Crippen LogP contribution in [0.4, 0.5) is 0 Å². The zero-order valence-electron chi connectivity index (χ0n) is 14.8. The topological polar surface area (TPSA) is 9.23 Å². The Balaban J connectivity index is 1.98. The smallest absolute Gasteiger partial charge is 0.193 e. The molecule has 0 fully saturated rings. The summed E-state index contributed by atoms with van der Waals surface area (Å²) in [5.41, 5.74) is 3.48. The molecule has 0 radical (unpaired) electrons. The van der Waals surface area contributed by atoms with E-state index >= 15 is 0 Å². The van der Waals surface area contributed by atoms with Gasteiger partial charge < -0.3 is 4.43 Å². The third kappa shape index (κ3) is 4.82. The van der Waals surface area contributed by atoms with Gasteiger partial charge in [-0.3, -0.25) is 0 Å². The number of hydrogen-bond acceptors (Lipinski definition) is 1. The Kier molecular flexibility index (Phi) is 5.46. The van der Waals surface area contributed by atoms with Crippen LogP contribution >= 0.6 is 0 Å². The quantitative estimate of drug-likeness (QED) is 0.518. The SMILES string of the molecule is CC(C)(C)[Si](C)(C)OCC#Cc1ccc(-c2ccccc2)cc1. The van der Waals surface area contributed by atoms with E-state index in [0.717, 1.165) is 5.56 Å². The second kappa shape index (κ2) is 7.17. The molecule has 1 nitrogen and oxygen atoms in total. The van der Waals surface area contributed by atoms with Crippen molar-refractivity contribution in [3.05, 3.63) is 60.2 Å². The Bertz CT molecular complexity index is 683. The second-order valence-corrected chi connectivity index (χ2v) is 12.1. The molecule has 2 aromatic rings. The summed E-state index contributed by atoms with van der Waals surface area (Å²) in [5.74, 6) is 6.35. The Morgan fingerprint density at radius 2 is 1.43 bits per heavy atom. The maximum Gasteiger partial charge on any atom is 0.193 e. The van der Waals surface area contributed by atoms with E-state index in [-0.39, 0.29) is 5.04 Å². The Labute approximate surface area is 141 Å². The summed E-state index contributed by atoms with van der Waals surface area (Å²) in [6, 6.07) is 18.8. The highest BCUT2D eigenvalue weighted by Gasteiger charge is 2.36. The van der Waals surface area contributed by atoms with Gasteiger partial charge in [0.25, 0.3) is 0 Å². The van der Waals surface area contributed by atoms with E-state index in [0.29, 0.717) is 6.61 Å². The van der Waals surface area contributed by atoms with Gasteiger partial charge in [-0.2, -0.15) is 0 Å². The molecule has 0 unspecified atom stereocenters. The van der Waals surface area contributed by atoms with E-state index in [2.05, 4.69) is 94.2 Å². The van der Waals surface area contributed by atoms with E-state index in [1.165, 1.54) is 11.1 Å². The van der Waals surface area contributed by atoms with Crippen molar-refractivity contribution in [1.82, 2.24) is 0 Å². The van der Waals surface area contributed by atoms with Crippen molar-refractivity contribution in [3.63, 3.8) is 0 Å². The van der Waals surface area contributed by atoms with Crippen molar-refractivity contribution in [2.24, 2.45) is 0 Å². The zero-order chi connectivity index (χ0) is 16.9. The van der Waals surface area contributed by atoms with E-state index < -0.39 is 8.32 Å². The Morgan fingerprint density at radius 3 is 2.00 bits per heavy atom. The van der Waals surface area contributed by atoms with Crippen LogP contribution in [0.2, 0.25) is 18.1 Å². The van der Waals surface area contributed by atoms with E-state index in [9.17, 15) is 0 Å². The van der Waals surface area contributed by atoms with Gasteiger partial charge in [0.05, 0.1) is 6.61 Å². The first kappa shape index (κ1) is 17.5. The lowest BCUT2D eigenvalue weighted by Crippen LogP contribution is -2.40. The lowest BCUT2D eigenvalue weighted by Gasteiger charge is -2.35. The van der Waals surface area contributed by atoms with Crippen molar-refractivity contribution < 1.29 is 4.43 Å². The first-order chi connectivity index (χ1) is 10.8. The summed E-state index contributed by atoms with van der Waals surface area (Å²) >= 11 is 0. The van der Waals surface area contributed by atoms with E-state index in [1.54, 1.807) is 0 Å². The lowest BCUT2D eigenvalue weighted by atomic mass is 10.0. The summed E-state index contributed by atoms with van der Waals surface area (Å²) in [4.78, 5) is 0. The van der Waals surface area contributed by atoms with E-state index in [4.69, 9.17) is 4.43 Å². The van der Waals surface area contributed by atoms with Crippen molar-refractivity contribution in [2.45, 2.75) is 38.9 Å². The largest absolute Gasteiger partial charge is 0.406 e. The summed E-state index contributed by atoms with van der Waals surface area (Å²) in [6.07, 6.45) is 0. The maximum absolute atomic E-state index is 6.07. The van der Waals surface area contributed by atoms with Gasteiger partial charge in [0, 0.05) is 5.56 Å². The van der Waals surface area contributed by atoms with Crippen molar-refractivity contribution in [2.75, 3.05) is 6.61 Å². The molecule has 0 aliphatic carbocycles. The summed E-state index contributed by atoms with van der Waals surface area (Å²) in [5, 5.41) is 0.228. The molecule has 0 aliphatic rings. The molecule has 0 spiro atoms. The molecule has 0 aromatic heterocycles. The summed E-state index contributed by atoms with van der Waals surface area (Å²) < 4.78 is 6.07. The number of hydrogen-bond donors (Lipinski definition) is 0. The van der Waals surface area contributed by atoms with Crippen LogP contribution < -0.4 is 0 Å². The third-order valence-electron chi connectivity index (χ3n) is 4.54. The van der Waals surface area contributed by atoms with Crippen LogP contribution in [-0.2, 0) is 4.43 Å². The van der Waals surface area contributed by atoms with Crippen LogP contribution in [0.15, 0.2) is 54.6 Å². The van der Waals surface area contributed by atoms with Gasteiger partial charge in [-0.15, -0.1) is 0 Å². The first-order valence-electron chi connectivity index (χ1n) is 8.08. The highest BCUT2D eigenvalue weighted by Crippen LogP contribution is 2.36. The number of benzene rings is 2. The van der Waals surface area contributed by atoms with Gasteiger partial charge in [-0.1, -0.05) is 75.1 Å². The van der Waals surface area contributed by atoms with Gasteiger partial charge in [0.1, 0.15) is 0 Å². The Hall–Kier alpha value is -1.82. The molecule has 2 rings (SSSR count). The standard InChI is InChI=1S/C21H26OSi/c1-21(2,3)23(4,5)22-17-9-10-18-13-15-20(16-14-18)19-11-7-6-8-12-19/h6-8,11-16H,17H2,1-5H3. The van der Waals surface area contributed by atoms with Crippen molar-refractivity contribution in [1.29, 1.82) is 0 Å². The predicted octanol–water partition coefficient (Wildman–Crippen LogP) is 5.73. The maximum atomic E-state index is 6.07. The van der Waals surface area contributed by atoms with Crippen LogP contribution in [0.1, 0.15) is 26.3 Å². The molecule has 0 atom stereocenters. The fraction of sp³-hybridized carbons (Fsp3) is 0.333. The van der Waals surface area contributed by atoms with E-state index in [1.807, 2.05) is 6.07 Å². The zero-order valence-corrected chi connectivity index (χ0v) is 15.8. The first-order valence-corrected chi connectivity index (χ1v) is 11.0. The van der Waals surface area contributed by atoms with Gasteiger partial charge >= 0.3 is 0 Å². The molecule has 120 valence electrons. The molecular formula is C21H26OSi. The summed E-state index contributed by atoms with van der Waals surface area (Å²) in [7, 11) is -1.70. The molecule has 0 saturated carbocycles. The van der Waals surface area contributed by atoms with Crippen LogP contribution in [0, 0.1) is 11.8 Å². The third-order valence-corrected chi connectivity index (χ3v) is 9.01. The molecule has 0 saturated heterocycles. The van der Waals surface area contributed by atoms with Gasteiger partial charge in [-0.25, -0.2) is 0 Å². The van der Waals surface area contributed by atoms with Crippen LogP contribution in [0.3, 0.4) is 0 Å². The summed E-state index contributed by atoms with van der Waals surface area (Å²) in [6.45, 7) is 11.8. The molecule has 2 aromatic carbocycles. The molecule has 0 heterocycles. The average molecular weight is 323 g/mol. The van der Waals surface area contributed by atoms with Crippen LogP contribution in [0.5, 0.6) is 0 Å². The number of rotatable bonds is 3. The minimum Gasteiger partial charge on any atom is -0.406 e. The van der Waals surface area contributed by atoms with Gasteiger partial charge in [0.2, 0.25) is 0 Å². The highest BCUT2D eigenvalue weighted by atomic mass is 28.4. The fourth-order valence-electron chi connectivity index (χ4n) is 1.95. The lowest BCUT2D eigenvalue weighted by molar-refractivity contribution is 0.334. The monoisotopic (exact) mass is 322 g/mol. The van der Waals surface area contributed by atoms with Crippen LogP contribution in [-0.4, -0.2) is 14.9 Å². The molecule has 23 heavy (non-hydrogen) atoms. The molecule has 2 heteroatoms. The normalized spacial score (nSPS) is 11.7. The van der Waals surface area contributed by atoms with Crippen molar-refractivity contribution >= 4 is 8.32 Å². The highest BCUT2D eigenvalue weighted by molar-refractivity contribution is 6.74. The van der Waals surface area contributed by atoms with Crippen LogP contribution in [0.25, 0.3) is 11.1 Å². The van der Waals surface area contributed by atoms with Gasteiger partial charge in [0.15, 0.2) is 8.32 Å². The molecule has 0 N–H and O–H groups in total. The fourth-order valence-corrected chi connectivity index (χ4v) is 2.81. The minimum absolute atomic E-state index is 0.228. The molecule has 0 aliphatic heterocycles. The molecular weight excluding hydrogens is 296 g/mol. The Morgan fingerprint density at radius 1 is 0.870 bits per heavy atom. The molecule has 0 amide bonds.